The highest BCUT2D eigenvalue weighted by Gasteiger charge is 2.69. The number of para-hydroxylation sites is 1. The van der Waals surface area contributed by atoms with Crippen molar-refractivity contribution in [1.29, 1.82) is 0 Å². The second-order valence-corrected chi connectivity index (χ2v) is 15.7. The Morgan fingerprint density at radius 1 is 0.904 bits per heavy atom. The third-order valence-electron chi connectivity index (χ3n) is 10.8. The Labute approximate surface area is 308 Å². The molecule has 3 fully saturated rings. The van der Waals surface area contributed by atoms with Gasteiger partial charge in [0, 0.05) is 21.7 Å². The fourth-order valence-corrected chi connectivity index (χ4v) is 11.6. The number of imide groups is 1. The molecule has 11 nitrogen and oxygen atoms in total. The second-order valence-electron chi connectivity index (χ2n) is 13.5. The van der Waals surface area contributed by atoms with Gasteiger partial charge in [0.05, 0.1) is 41.3 Å². The smallest absolute Gasteiger partial charge is 0.338 e. The average molecular weight is 740 g/mol. The maximum atomic E-state index is 14.2. The lowest BCUT2D eigenvalue weighted by molar-refractivity contribution is -0.123. The van der Waals surface area contributed by atoms with E-state index in [1.165, 1.54) is 16.2 Å². The highest BCUT2D eigenvalue weighted by Crippen LogP contribution is 2.68. The highest BCUT2D eigenvalue weighted by atomic mass is 32.2. The van der Waals surface area contributed by atoms with E-state index in [9.17, 15) is 24.0 Å². The number of hydrogen-bond donors (Lipinski definition) is 2. The number of H-pyrrole nitrogens is 1. The third-order valence-corrected chi connectivity index (χ3v) is 13.4. The number of aryl methyl sites for hydroxylation is 1. The summed E-state index contributed by atoms with van der Waals surface area (Å²) >= 11 is 2.80. The van der Waals surface area contributed by atoms with Crippen LogP contribution >= 0.6 is 23.1 Å². The molecule has 268 valence electrons. The van der Waals surface area contributed by atoms with Gasteiger partial charge in [-0.2, -0.15) is 0 Å². The number of nitrogens with zero attached hydrogens (tertiary/aromatic N) is 1. The molecule has 2 aliphatic carbocycles. The van der Waals surface area contributed by atoms with Crippen molar-refractivity contribution in [3.63, 3.8) is 0 Å². The number of carbonyl (C=O) groups is 4. The molecule has 1 aromatic heterocycles. The van der Waals surface area contributed by atoms with E-state index in [0.29, 0.717) is 35.0 Å². The van der Waals surface area contributed by atoms with E-state index >= 15 is 0 Å². The van der Waals surface area contributed by atoms with Crippen molar-refractivity contribution >= 4 is 58.2 Å². The van der Waals surface area contributed by atoms with Gasteiger partial charge in [-0.1, -0.05) is 35.6 Å². The number of anilines is 2. The maximum absolute atomic E-state index is 14.2. The van der Waals surface area contributed by atoms with Gasteiger partial charge in [-0.15, -0.1) is 11.8 Å². The minimum absolute atomic E-state index is 0.00787. The number of fused-ring (bicyclic) bond motifs is 9. The van der Waals surface area contributed by atoms with Gasteiger partial charge in [0.25, 0.3) is 5.91 Å². The molecule has 13 heteroatoms. The lowest BCUT2D eigenvalue weighted by Gasteiger charge is -2.43. The Kier molecular flexibility index (Phi) is 8.94. The quantitative estimate of drug-likeness (QED) is 0.148. The number of aromatic amines is 1. The summed E-state index contributed by atoms with van der Waals surface area (Å²) in [4.78, 5) is 71.2. The number of thioether (sulfide) groups is 1. The Morgan fingerprint density at radius 3 is 2.38 bits per heavy atom. The molecule has 3 heterocycles. The number of thiazole rings is 1. The van der Waals surface area contributed by atoms with Gasteiger partial charge in [-0.3, -0.25) is 24.1 Å². The van der Waals surface area contributed by atoms with E-state index < -0.39 is 17.8 Å². The first-order valence-electron chi connectivity index (χ1n) is 17.5. The van der Waals surface area contributed by atoms with Crippen molar-refractivity contribution in [3.8, 4) is 11.5 Å². The number of nitrogens with one attached hydrogen (secondary N) is 2. The highest BCUT2D eigenvalue weighted by molar-refractivity contribution is 8.00. The Morgan fingerprint density at radius 2 is 1.65 bits per heavy atom. The first-order chi connectivity index (χ1) is 25.2. The van der Waals surface area contributed by atoms with Crippen molar-refractivity contribution in [2.45, 2.75) is 43.4 Å². The standard InChI is InChI=1S/C39H37N3O8S2/c1-4-48-27-16-21(12-15-26(27)50-18-28(43)40-25-9-7-6-8-19(25)3)29-30-23-17-24(33(30)51-35-34(29)52-39(47)41-35)32-31(23)36(44)42(37(32)45)22-13-10-20(11-14-22)38(46)49-5-2/h6-16,23-24,29-33H,4-5,17-18H2,1-3H3,(H,40,43)(H,41,47)/t23?,24?,29-,30?,31?,32?,33?/m1/s1. The van der Waals surface area contributed by atoms with Gasteiger partial charge in [0.2, 0.25) is 11.8 Å². The normalized spacial score (nSPS) is 25.4. The van der Waals surface area contributed by atoms with Crippen molar-refractivity contribution in [2.75, 3.05) is 30.0 Å². The summed E-state index contributed by atoms with van der Waals surface area (Å²) in [6.45, 7) is 5.93. The molecule has 2 aliphatic heterocycles. The zero-order valence-electron chi connectivity index (χ0n) is 28.8. The first kappa shape index (κ1) is 34.2. The minimum atomic E-state index is -0.482. The van der Waals surface area contributed by atoms with E-state index in [0.717, 1.165) is 27.5 Å². The molecule has 52 heavy (non-hydrogen) atoms. The third kappa shape index (κ3) is 5.70. The molecule has 4 aromatic rings. The van der Waals surface area contributed by atoms with Crippen LogP contribution in [0.3, 0.4) is 0 Å². The number of amides is 3. The molecule has 2 N–H and O–H groups in total. The van der Waals surface area contributed by atoms with Crippen LogP contribution in [0.1, 0.15) is 52.5 Å². The number of esters is 1. The molecule has 1 saturated heterocycles. The van der Waals surface area contributed by atoms with Gasteiger partial charge in [-0.25, -0.2) is 4.79 Å². The van der Waals surface area contributed by atoms with Crippen molar-refractivity contribution < 1.29 is 33.4 Å². The molecule has 0 radical (unpaired) electrons. The van der Waals surface area contributed by atoms with Crippen LogP contribution in [0.15, 0.2) is 76.6 Å². The molecule has 3 aromatic carbocycles. The van der Waals surface area contributed by atoms with E-state index in [1.807, 2.05) is 50.2 Å². The van der Waals surface area contributed by atoms with Crippen LogP contribution in [0, 0.1) is 36.5 Å². The predicted octanol–water partition coefficient (Wildman–Crippen LogP) is 6.02. The molecular weight excluding hydrogens is 703 g/mol. The fraction of sp³-hybridized carbons (Fsp3) is 0.359. The van der Waals surface area contributed by atoms with Crippen LogP contribution in [0.2, 0.25) is 0 Å². The van der Waals surface area contributed by atoms with Crippen LogP contribution in [-0.2, 0) is 19.1 Å². The molecular formula is C39H37N3O8S2. The summed E-state index contributed by atoms with van der Waals surface area (Å²) in [7, 11) is 0. The van der Waals surface area contributed by atoms with Crippen molar-refractivity contribution in [1.82, 2.24) is 4.98 Å². The summed E-state index contributed by atoms with van der Waals surface area (Å²) < 4.78 is 17.1. The molecule has 4 aliphatic rings. The summed E-state index contributed by atoms with van der Waals surface area (Å²) in [5, 5.41) is 3.70. The molecule has 2 saturated carbocycles. The maximum Gasteiger partial charge on any atom is 0.338 e. The number of ether oxygens (including phenoxy) is 3. The van der Waals surface area contributed by atoms with Gasteiger partial charge in [-0.05, 0) is 98.5 Å². The number of aromatic nitrogens is 1. The Bertz CT molecular complexity index is 2150. The topological polar surface area (TPSA) is 144 Å². The van der Waals surface area contributed by atoms with Crippen LogP contribution in [0.25, 0.3) is 0 Å². The van der Waals surface area contributed by atoms with E-state index in [-0.39, 0.29) is 64.7 Å². The van der Waals surface area contributed by atoms with Crippen LogP contribution in [0.4, 0.5) is 11.4 Å². The van der Waals surface area contributed by atoms with Gasteiger partial charge in [0.1, 0.15) is 0 Å². The van der Waals surface area contributed by atoms with Gasteiger partial charge in [0.15, 0.2) is 18.1 Å². The number of hydrogen-bond acceptors (Lipinski definition) is 10. The molecule has 0 spiro atoms. The molecule has 6 unspecified atom stereocenters. The fourth-order valence-electron chi connectivity index (χ4n) is 8.75. The van der Waals surface area contributed by atoms with Crippen LogP contribution in [-0.4, -0.2) is 53.7 Å². The average Bonchev–Trinajstić information content (AvgIpc) is 3.87. The number of carbonyl (C=O) groups excluding carboxylic acids is 4. The first-order valence-corrected chi connectivity index (χ1v) is 19.2. The monoisotopic (exact) mass is 739 g/mol. The zero-order chi connectivity index (χ0) is 36.3. The molecule has 3 amide bonds. The van der Waals surface area contributed by atoms with Crippen LogP contribution < -0.4 is 24.6 Å². The van der Waals surface area contributed by atoms with E-state index in [1.54, 1.807) is 49.0 Å². The SMILES string of the molecule is CCOC(=O)c1ccc(N2C(=O)C3C4CC(C3C2=O)C2C4Sc3[nH]c(=O)sc3[C@@H]2c2ccc(OCC(=O)Nc3ccccc3C)c(OCC)c2)cc1. The van der Waals surface area contributed by atoms with Gasteiger partial charge < -0.3 is 24.5 Å². The lowest BCUT2D eigenvalue weighted by Crippen LogP contribution is -2.42. The van der Waals surface area contributed by atoms with E-state index in [2.05, 4.69) is 10.3 Å². The summed E-state index contributed by atoms with van der Waals surface area (Å²) in [5.41, 5.74) is 3.37. The lowest BCUT2D eigenvalue weighted by atomic mass is 9.68. The Hall–Kier alpha value is -4.88. The van der Waals surface area contributed by atoms with Crippen molar-refractivity contribution in [3.05, 3.63) is 98.0 Å². The summed E-state index contributed by atoms with van der Waals surface area (Å²) in [6.07, 6.45) is 0.746. The van der Waals surface area contributed by atoms with Crippen molar-refractivity contribution in [2.24, 2.45) is 29.6 Å². The molecule has 7 atom stereocenters. The minimum Gasteiger partial charge on any atom is -0.490 e. The largest absolute Gasteiger partial charge is 0.490 e. The number of rotatable bonds is 10. The zero-order valence-corrected chi connectivity index (χ0v) is 30.4. The molecule has 8 rings (SSSR count). The second kappa shape index (κ2) is 13.6. The molecule has 2 bridgehead atoms. The van der Waals surface area contributed by atoms with Gasteiger partial charge >= 0.3 is 10.8 Å². The predicted molar refractivity (Wildman–Crippen MR) is 196 cm³/mol. The van der Waals surface area contributed by atoms with Crippen LogP contribution in [0.5, 0.6) is 11.5 Å². The summed E-state index contributed by atoms with van der Waals surface area (Å²) in [5.74, 6) is -1.60. The summed E-state index contributed by atoms with van der Waals surface area (Å²) in [6, 6.07) is 19.6. The van der Waals surface area contributed by atoms with E-state index in [4.69, 9.17) is 14.2 Å². The number of benzene rings is 3. The Balaban J connectivity index is 1.08.